The van der Waals surface area contributed by atoms with E-state index in [0.29, 0.717) is 5.92 Å². The Kier molecular flexibility index (Phi) is 28.1. The van der Waals surface area contributed by atoms with Gasteiger partial charge in [-0.25, -0.2) is 15.0 Å². The average Bonchev–Trinajstić information content (AvgIpc) is 1.68. The summed E-state index contributed by atoms with van der Waals surface area (Å²) < 4.78 is 11.6. The van der Waals surface area contributed by atoms with Crippen LogP contribution in [0.4, 0.5) is 0 Å². The monoisotopic (exact) mass is 1730 g/mol. The van der Waals surface area contributed by atoms with Gasteiger partial charge in [0.1, 0.15) is 11.3 Å². The topological polar surface area (TPSA) is 132 Å². The molecule has 0 saturated heterocycles. The van der Waals surface area contributed by atoms with Gasteiger partial charge in [0.2, 0.25) is 0 Å². The molecule has 0 bridgehead atoms. The van der Waals surface area contributed by atoms with Crippen LogP contribution in [0.5, 0.6) is 0 Å². The number of furan rings is 2. The molecule has 1 atom stereocenters. The number of benzene rings is 13. The number of hydrogen-bond acceptors (Lipinski definition) is 11. The minimum absolute atomic E-state index is 0.509. The number of H-pyrrole nitrogens is 1. The third-order valence-electron chi connectivity index (χ3n) is 22.4. The molecular formula is C119H90N8O2S2. The summed E-state index contributed by atoms with van der Waals surface area (Å²) in [7, 11) is 0. The number of nitrogens with one attached hydrogen (secondary N) is 1. The predicted octanol–water partition coefficient (Wildman–Crippen LogP) is 31.7. The van der Waals surface area contributed by atoms with E-state index in [0.717, 1.165) is 85.6 Å². The van der Waals surface area contributed by atoms with Crippen molar-refractivity contribution in [2.75, 3.05) is 0 Å². The molecule has 0 aliphatic heterocycles. The van der Waals surface area contributed by atoms with E-state index in [9.17, 15) is 0 Å². The third kappa shape index (κ3) is 22.1. The lowest BCUT2D eigenvalue weighted by atomic mass is 9.69. The van der Waals surface area contributed by atoms with Crippen LogP contribution < -0.4 is 0 Å². The molecule has 0 amide bonds. The molecule has 10 aromatic heterocycles. The Labute approximate surface area is 768 Å². The fraction of sp³-hybridized carbons (Fsp3) is 0.0336. The Morgan fingerprint density at radius 1 is 0.305 bits per heavy atom. The fourth-order valence-electron chi connectivity index (χ4n) is 15.9. The molecule has 0 saturated carbocycles. The summed E-state index contributed by atoms with van der Waals surface area (Å²) in [5, 5.41) is 19.3. The first-order valence-electron chi connectivity index (χ1n) is 43.7. The van der Waals surface area contributed by atoms with E-state index in [1.54, 1.807) is 36.3 Å². The lowest BCUT2D eigenvalue weighted by molar-refractivity contribution is 0.556. The quantitative estimate of drug-likeness (QED) is 0.147. The summed E-state index contributed by atoms with van der Waals surface area (Å²) in [6, 6.07) is 121. The molecule has 131 heavy (non-hydrogen) atoms. The first kappa shape index (κ1) is 85.3. The van der Waals surface area contributed by atoms with Crippen LogP contribution in [-0.2, 0) is 12.8 Å². The van der Waals surface area contributed by atoms with E-state index in [4.69, 9.17) is 8.83 Å². The minimum atomic E-state index is 0.509. The maximum absolute atomic E-state index is 5.12. The largest absolute Gasteiger partial charge is 0.465 e. The van der Waals surface area contributed by atoms with Gasteiger partial charge in [-0.15, -0.1) is 22.7 Å². The zero-order valence-electron chi connectivity index (χ0n) is 71.8. The van der Waals surface area contributed by atoms with E-state index in [1.807, 2.05) is 242 Å². The molecule has 1 N–H and O–H groups in total. The second-order valence-electron chi connectivity index (χ2n) is 31.0. The number of pyridine rings is 3. The molecule has 630 valence electrons. The number of nitrogens with zero attached hydrogens (tertiary/aromatic N) is 7. The first-order chi connectivity index (χ1) is 65.0. The van der Waals surface area contributed by atoms with Gasteiger partial charge in [-0.2, -0.15) is 0 Å². The van der Waals surface area contributed by atoms with E-state index >= 15 is 0 Å². The van der Waals surface area contributed by atoms with Crippen LogP contribution in [0.3, 0.4) is 0 Å². The molecule has 0 fully saturated rings. The van der Waals surface area contributed by atoms with Crippen molar-refractivity contribution in [3.05, 3.63) is 535 Å². The molecule has 13 aromatic carbocycles. The van der Waals surface area contributed by atoms with Crippen molar-refractivity contribution in [3.8, 4) is 0 Å². The van der Waals surface area contributed by atoms with Crippen LogP contribution in [0.1, 0.15) is 28.2 Å². The van der Waals surface area contributed by atoms with Gasteiger partial charge in [0.05, 0.1) is 62.2 Å². The van der Waals surface area contributed by atoms with Gasteiger partial charge in [0, 0.05) is 85.3 Å². The van der Waals surface area contributed by atoms with Crippen molar-refractivity contribution in [1.29, 1.82) is 0 Å². The second-order valence-corrected chi connectivity index (χ2v) is 32.9. The Balaban J connectivity index is 0.0000000966. The highest BCUT2D eigenvalue weighted by Crippen LogP contribution is 2.46. The van der Waals surface area contributed by atoms with Crippen molar-refractivity contribution in [2.45, 2.75) is 19.3 Å². The molecule has 10 nitrogen and oxygen atoms in total. The van der Waals surface area contributed by atoms with Crippen LogP contribution in [0, 0.1) is 5.92 Å². The molecule has 0 radical (unpaired) electrons. The van der Waals surface area contributed by atoms with Gasteiger partial charge in [-0.05, 0) is 252 Å². The number of para-hydroxylation sites is 11. The van der Waals surface area contributed by atoms with Crippen molar-refractivity contribution in [1.82, 2.24) is 39.9 Å². The van der Waals surface area contributed by atoms with E-state index < -0.39 is 0 Å². The number of rotatable bonds is 0. The molecule has 29 rings (SSSR count). The van der Waals surface area contributed by atoms with Gasteiger partial charge < -0.3 is 13.8 Å². The Bertz CT molecular complexity index is 6910. The van der Waals surface area contributed by atoms with E-state index in [-0.39, 0.29) is 0 Å². The first-order valence-corrected chi connectivity index (χ1v) is 45.4. The van der Waals surface area contributed by atoms with E-state index in [1.165, 1.54) is 113 Å². The van der Waals surface area contributed by atoms with Crippen LogP contribution >= 0.6 is 22.7 Å². The molecule has 23 aromatic rings. The third-order valence-corrected chi connectivity index (χ3v) is 24.3. The zero-order chi connectivity index (χ0) is 88.2. The molecule has 1 unspecified atom stereocenters. The predicted molar refractivity (Wildman–Crippen MR) is 552 cm³/mol. The van der Waals surface area contributed by atoms with Gasteiger partial charge in [-0.3, -0.25) is 19.9 Å². The van der Waals surface area contributed by atoms with Gasteiger partial charge in [-0.1, -0.05) is 291 Å². The molecule has 6 aliphatic rings. The van der Waals surface area contributed by atoms with Gasteiger partial charge >= 0.3 is 0 Å². The highest BCUT2D eigenvalue weighted by atomic mass is 32.1. The summed E-state index contributed by atoms with van der Waals surface area (Å²) in [4.78, 5) is 34.6. The molecule has 10 heterocycles. The summed E-state index contributed by atoms with van der Waals surface area (Å²) in [6.45, 7) is 0. The number of aromatic nitrogens is 8. The Morgan fingerprint density at radius 3 is 1.44 bits per heavy atom. The normalized spacial score (nSPS) is 13.1. The van der Waals surface area contributed by atoms with Gasteiger partial charge in [0.25, 0.3) is 0 Å². The van der Waals surface area contributed by atoms with Crippen molar-refractivity contribution >= 4 is 165 Å². The average molecular weight is 1730 g/mol. The number of thiophene rings is 2. The van der Waals surface area contributed by atoms with Gasteiger partial charge in [0.15, 0.2) is 0 Å². The maximum atomic E-state index is 5.12. The highest BCUT2D eigenvalue weighted by molar-refractivity contribution is 7.17. The molecular weight excluding hydrogens is 1640 g/mol. The minimum Gasteiger partial charge on any atom is -0.465 e. The molecule has 0 spiro atoms. The number of hydrogen-bond donors (Lipinski definition) is 1. The summed E-state index contributed by atoms with van der Waals surface area (Å²) in [5.74, 6) is 1.54. The van der Waals surface area contributed by atoms with Crippen LogP contribution in [-0.4, -0.2) is 39.9 Å². The summed E-state index contributed by atoms with van der Waals surface area (Å²) >= 11 is 3.61. The fourth-order valence-corrected chi connectivity index (χ4v) is 17.5. The zero-order valence-corrected chi connectivity index (χ0v) is 73.4. The van der Waals surface area contributed by atoms with Crippen LogP contribution in [0.25, 0.3) is 142 Å². The summed E-state index contributed by atoms with van der Waals surface area (Å²) in [5.41, 5.74) is 21.2. The standard InChI is InChI=1S/C16H12.C14H10.C13H9N.C12H8N2.2C9H7N.C8H6N2.C8H7N.C8H6O.C8H6S.C7H6O.C7H6S/c1-3-11-7-9-13-5-2-6-14-10-8-12(4-1)15(11)16(13)14;1-2-6-12-10-14-8-4-3-7-13(14)9-11(12)5-1;1-3-7-12-10(5-1)9-11-6-2-4-8-13(11)14-12;1-2-6-10-9(5-1)13-11-7-3-4-8-12(11)14-10;1-2-6-9-8(4-1)5-3-7-10-9;1-2-4-9-7-10-6-5-8(9)3-1;1-2-4-8-7(3-1)9-5-6-10-8;3*1-2-4-8-7(3-1)5-6-9-8;2*1-2-6-4-5-8-7(6)3-1/h1-5,7-10,15H,6H2;1-10H;1-9H;1-8H;2*1-7H;1-6H;1-6,9H;2*1-6H;2*1,3-5H,2H2. The number of fused-ring (bicyclic) bond motifs is 14. The number of aromatic amines is 1. The van der Waals surface area contributed by atoms with E-state index in [2.05, 4.69) is 281 Å². The Morgan fingerprint density at radius 2 is 0.809 bits per heavy atom. The Hall–Kier alpha value is -16.5. The highest BCUT2D eigenvalue weighted by Gasteiger charge is 2.31. The maximum Gasteiger partial charge on any atom is 0.133 e. The van der Waals surface area contributed by atoms with Crippen molar-refractivity contribution in [3.63, 3.8) is 0 Å². The second kappa shape index (κ2) is 43.1. The molecule has 6 aliphatic carbocycles. The summed E-state index contributed by atoms with van der Waals surface area (Å²) in [6.07, 6.45) is 46.3. The molecule has 12 heteroatoms. The van der Waals surface area contributed by atoms with Crippen LogP contribution in [0.2, 0.25) is 0 Å². The smallest absolute Gasteiger partial charge is 0.133 e. The van der Waals surface area contributed by atoms with Crippen molar-refractivity contribution < 1.29 is 8.83 Å². The number of allylic oxidation sites excluding steroid dienone is 16. The lowest BCUT2D eigenvalue weighted by Crippen LogP contribution is -2.20. The lowest BCUT2D eigenvalue weighted by Gasteiger charge is -2.34. The SMILES string of the molecule is C1=CC2=CC=C3CC=CC4=C3C2C(=C1)C=C4.C1=Cc2occc2C1.C1=Cc2sccc2C1.c1ccc2[nH]ccc2c1.c1ccc2cc3ccccc3cc2c1.c1ccc2cnccc2c1.c1ccc2nc3ccccc3cc2c1.c1ccc2nc3ccccc3nc2c1.c1ccc2ncccc2c1.c1ccc2nccnc2c1.c1ccc2occc2c1.c1ccc2sccc2c1. The van der Waals surface area contributed by atoms with Crippen LogP contribution in [0.15, 0.2) is 522 Å². The van der Waals surface area contributed by atoms with Crippen molar-refractivity contribution in [2.24, 2.45) is 5.92 Å².